The smallest absolute Gasteiger partial charge is 0.193 e. The number of aromatic nitrogens is 2. The SMILES string of the molecule is Cc1cc(C)cc(NC(N)=NCc2ccccc2-n2nc(C)cc2C)c1.I. The number of anilines is 1. The van der Waals surface area contributed by atoms with E-state index in [0.717, 1.165) is 28.3 Å². The first-order valence-corrected chi connectivity index (χ1v) is 8.69. The highest BCUT2D eigenvalue weighted by atomic mass is 127. The Hall–Kier alpha value is -2.35. The van der Waals surface area contributed by atoms with Gasteiger partial charge in [0.15, 0.2) is 5.96 Å². The van der Waals surface area contributed by atoms with Crippen LogP contribution in [0.2, 0.25) is 0 Å². The number of aryl methyl sites for hydroxylation is 4. The standard InChI is InChI=1S/C21H25N5.HI/c1-14-9-15(2)11-19(10-14)24-21(22)23-13-18-7-5-6-8-20(18)26-17(4)12-16(3)25-26;/h5-12H,13H2,1-4H3,(H3,22,23,24);1H. The van der Waals surface area contributed by atoms with Gasteiger partial charge in [-0.3, -0.25) is 0 Å². The van der Waals surface area contributed by atoms with Gasteiger partial charge in [-0.15, -0.1) is 24.0 Å². The molecule has 1 heterocycles. The van der Waals surface area contributed by atoms with E-state index in [1.165, 1.54) is 11.1 Å². The molecule has 0 unspecified atom stereocenters. The highest BCUT2D eigenvalue weighted by Gasteiger charge is 2.08. The second kappa shape index (κ2) is 9.03. The maximum absolute atomic E-state index is 6.09. The summed E-state index contributed by atoms with van der Waals surface area (Å²) in [5.74, 6) is 0.401. The number of aliphatic imine (C=N–C) groups is 1. The van der Waals surface area contributed by atoms with Crippen molar-refractivity contribution >= 4 is 35.6 Å². The van der Waals surface area contributed by atoms with Crippen LogP contribution in [-0.4, -0.2) is 15.7 Å². The minimum Gasteiger partial charge on any atom is -0.370 e. The van der Waals surface area contributed by atoms with E-state index >= 15 is 0 Å². The highest BCUT2D eigenvalue weighted by molar-refractivity contribution is 14.0. The van der Waals surface area contributed by atoms with Gasteiger partial charge in [0.1, 0.15) is 0 Å². The lowest BCUT2D eigenvalue weighted by atomic mass is 10.1. The lowest BCUT2D eigenvalue weighted by Crippen LogP contribution is -2.22. The summed E-state index contributed by atoms with van der Waals surface area (Å²) in [6, 6.07) is 16.4. The Morgan fingerprint density at radius 3 is 2.33 bits per heavy atom. The molecule has 6 heteroatoms. The first-order valence-electron chi connectivity index (χ1n) is 8.69. The molecule has 142 valence electrons. The van der Waals surface area contributed by atoms with Gasteiger partial charge in [-0.25, -0.2) is 9.67 Å². The third-order valence-corrected chi connectivity index (χ3v) is 4.14. The van der Waals surface area contributed by atoms with Crippen LogP contribution >= 0.6 is 24.0 Å². The van der Waals surface area contributed by atoms with Crippen LogP contribution in [0.1, 0.15) is 28.1 Å². The van der Waals surface area contributed by atoms with E-state index in [0.29, 0.717) is 12.5 Å². The fourth-order valence-electron chi connectivity index (χ4n) is 3.13. The molecule has 0 saturated carbocycles. The van der Waals surface area contributed by atoms with E-state index in [4.69, 9.17) is 5.73 Å². The zero-order valence-electron chi connectivity index (χ0n) is 16.2. The summed E-state index contributed by atoms with van der Waals surface area (Å²) >= 11 is 0. The van der Waals surface area contributed by atoms with Crippen molar-refractivity contribution in [2.24, 2.45) is 10.7 Å². The van der Waals surface area contributed by atoms with E-state index in [1.807, 2.05) is 23.7 Å². The molecule has 0 atom stereocenters. The maximum atomic E-state index is 6.09. The zero-order valence-corrected chi connectivity index (χ0v) is 18.5. The second-order valence-corrected chi connectivity index (χ2v) is 6.67. The van der Waals surface area contributed by atoms with Gasteiger partial charge in [0.25, 0.3) is 0 Å². The Bertz CT molecular complexity index is 939. The van der Waals surface area contributed by atoms with Crippen molar-refractivity contribution in [3.63, 3.8) is 0 Å². The van der Waals surface area contributed by atoms with Crippen LogP contribution < -0.4 is 11.1 Å². The molecule has 3 aromatic rings. The number of benzene rings is 2. The van der Waals surface area contributed by atoms with E-state index in [2.05, 4.69) is 72.6 Å². The van der Waals surface area contributed by atoms with E-state index in [-0.39, 0.29) is 24.0 Å². The molecule has 3 rings (SSSR count). The highest BCUT2D eigenvalue weighted by Crippen LogP contribution is 2.18. The van der Waals surface area contributed by atoms with Crippen molar-refractivity contribution in [3.05, 3.63) is 76.6 Å². The molecule has 0 aliphatic carbocycles. The number of hydrogen-bond donors (Lipinski definition) is 2. The average molecular weight is 475 g/mol. The average Bonchev–Trinajstić information content (AvgIpc) is 2.90. The third kappa shape index (κ3) is 5.32. The minimum absolute atomic E-state index is 0. The molecular weight excluding hydrogens is 449 g/mol. The molecule has 0 saturated heterocycles. The largest absolute Gasteiger partial charge is 0.370 e. The number of halogens is 1. The molecule has 0 radical (unpaired) electrons. The molecule has 0 bridgehead atoms. The van der Waals surface area contributed by atoms with Crippen molar-refractivity contribution in [2.75, 3.05) is 5.32 Å². The Labute approximate surface area is 177 Å². The molecule has 27 heavy (non-hydrogen) atoms. The first-order chi connectivity index (χ1) is 12.4. The van der Waals surface area contributed by atoms with Crippen molar-refractivity contribution in [1.82, 2.24) is 9.78 Å². The van der Waals surface area contributed by atoms with Gasteiger partial charge in [-0.05, 0) is 68.7 Å². The van der Waals surface area contributed by atoms with Crippen LogP contribution in [0.15, 0.2) is 53.5 Å². The van der Waals surface area contributed by atoms with Gasteiger partial charge in [0.05, 0.1) is 17.9 Å². The molecule has 5 nitrogen and oxygen atoms in total. The maximum Gasteiger partial charge on any atom is 0.193 e. The van der Waals surface area contributed by atoms with E-state index < -0.39 is 0 Å². The molecule has 0 amide bonds. The van der Waals surface area contributed by atoms with Crippen molar-refractivity contribution in [1.29, 1.82) is 0 Å². The fraction of sp³-hybridized carbons (Fsp3) is 0.238. The van der Waals surface area contributed by atoms with Gasteiger partial charge >= 0.3 is 0 Å². The van der Waals surface area contributed by atoms with Crippen molar-refractivity contribution in [2.45, 2.75) is 34.2 Å². The van der Waals surface area contributed by atoms with Crippen LogP contribution in [0.4, 0.5) is 5.69 Å². The van der Waals surface area contributed by atoms with Gasteiger partial charge < -0.3 is 11.1 Å². The first kappa shape index (κ1) is 21.0. The minimum atomic E-state index is 0. The van der Waals surface area contributed by atoms with Gasteiger partial charge in [0.2, 0.25) is 0 Å². The third-order valence-electron chi connectivity index (χ3n) is 4.14. The lowest BCUT2D eigenvalue weighted by Gasteiger charge is -2.11. The second-order valence-electron chi connectivity index (χ2n) is 6.67. The molecular formula is C21H26IN5. The Balaban J connectivity index is 0.00000261. The quantitative estimate of drug-likeness (QED) is 0.328. The van der Waals surface area contributed by atoms with Crippen LogP contribution in [0, 0.1) is 27.7 Å². The molecule has 0 aliphatic rings. The predicted octanol–water partition coefficient (Wildman–Crippen LogP) is 4.65. The predicted molar refractivity (Wildman–Crippen MR) is 123 cm³/mol. The number of hydrogen-bond acceptors (Lipinski definition) is 2. The lowest BCUT2D eigenvalue weighted by molar-refractivity contribution is 0.818. The van der Waals surface area contributed by atoms with Crippen molar-refractivity contribution < 1.29 is 0 Å². The number of nitrogens with two attached hydrogens (primary N) is 1. The summed E-state index contributed by atoms with van der Waals surface area (Å²) in [7, 11) is 0. The molecule has 0 spiro atoms. The summed E-state index contributed by atoms with van der Waals surface area (Å²) in [6.07, 6.45) is 0. The zero-order chi connectivity index (χ0) is 18.7. The van der Waals surface area contributed by atoms with Crippen LogP contribution in [0.5, 0.6) is 0 Å². The summed E-state index contributed by atoms with van der Waals surface area (Å²) in [4.78, 5) is 4.51. The molecule has 1 aromatic heterocycles. The number of guanidine groups is 1. The van der Waals surface area contributed by atoms with E-state index in [1.54, 1.807) is 0 Å². The fourth-order valence-corrected chi connectivity index (χ4v) is 3.13. The van der Waals surface area contributed by atoms with Crippen LogP contribution in [0.25, 0.3) is 5.69 Å². The monoisotopic (exact) mass is 475 g/mol. The van der Waals surface area contributed by atoms with Crippen LogP contribution in [-0.2, 0) is 6.54 Å². The summed E-state index contributed by atoms with van der Waals surface area (Å²) < 4.78 is 1.95. The summed E-state index contributed by atoms with van der Waals surface area (Å²) in [5, 5.41) is 7.75. The molecule has 2 aromatic carbocycles. The number of rotatable bonds is 4. The van der Waals surface area contributed by atoms with Crippen molar-refractivity contribution in [3.8, 4) is 5.69 Å². The Morgan fingerprint density at radius 1 is 1.04 bits per heavy atom. The Kier molecular flexibility index (Phi) is 7.01. The normalized spacial score (nSPS) is 11.2. The van der Waals surface area contributed by atoms with Gasteiger partial charge in [0, 0.05) is 11.4 Å². The molecule has 0 fully saturated rings. The topological polar surface area (TPSA) is 68.2 Å². The van der Waals surface area contributed by atoms with E-state index in [9.17, 15) is 0 Å². The van der Waals surface area contributed by atoms with Gasteiger partial charge in [-0.1, -0.05) is 24.3 Å². The summed E-state index contributed by atoms with van der Waals surface area (Å²) in [5.41, 5.74) is 13.6. The van der Waals surface area contributed by atoms with Gasteiger partial charge in [-0.2, -0.15) is 5.10 Å². The number of para-hydroxylation sites is 1. The van der Waals surface area contributed by atoms with Crippen LogP contribution in [0.3, 0.4) is 0 Å². The summed E-state index contributed by atoms with van der Waals surface area (Å²) in [6.45, 7) is 8.66. The number of nitrogens with zero attached hydrogens (tertiary/aromatic N) is 3. The molecule has 0 aliphatic heterocycles. The Morgan fingerprint density at radius 2 is 1.70 bits per heavy atom. The molecule has 3 N–H and O–H groups in total. The number of nitrogens with one attached hydrogen (secondary N) is 1.